The Bertz CT molecular complexity index is 982. The molecule has 2 amide bonds. The Balaban J connectivity index is 1.58. The number of aromatic amines is 2. The SMILES string of the molecule is O=C(c1c[nH]c(=O)[nH]c1=O)N1CCC2(CC1)C(=O)Nc1ccccc12. The maximum Gasteiger partial charge on any atom is 0.325 e. The van der Waals surface area contributed by atoms with E-state index < -0.39 is 22.6 Å². The van der Waals surface area contributed by atoms with E-state index in [9.17, 15) is 19.2 Å². The average Bonchev–Trinajstić information content (AvgIpc) is 2.87. The zero-order valence-corrected chi connectivity index (χ0v) is 13.3. The normalized spacial score (nSPS) is 18.1. The molecule has 0 bridgehead atoms. The Kier molecular flexibility index (Phi) is 3.34. The average molecular weight is 340 g/mol. The quantitative estimate of drug-likeness (QED) is 0.687. The summed E-state index contributed by atoms with van der Waals surface area (Å²) in [6.45, 7) is 0.721. The third kappa shape index (κ3) is 2.29. The number of carbonyl (C=O) groups excluding carboxylic acids is 2. The van der Waals surface area contributed by atoms with Crippen LogP contribution in [0.4, 0.5) is 5.69 Å². The molecule has 3 N–H and O–H groups in total. The number of fused-ring (bicyclic) bond motifs is 2. The lowest BCUT2D eigenvalue weighted by atomic mass is 9.73. The molecule has 0 atom stereocenters. The number of nitrogens with zero attached hydrogens (tertiary/aromatic N) is 1. The fourth-order valence-corrected chi connectivity index (χ4v) is 3.70. The van der Waals surface area contributed by atoms with Crippen molar-refractivity contribution in [1.29, 1.82) is 0 Å². The van der Waals surface area contributed by atoms with E-state index in [0.29, 0.717) is 25.9 Å². The van der Waals surface area contributed by atoms with Crippen LogP contribution in [0.5, 0.6) is 0 Å². The van der Waals surface area contributed by atoms with E-state index in [0.717, 1.165) is 17.4 Å². The number of likely N-dealkylation sites (tertiary alicyclic amines) is 1. The largest absolute Gasteiger partial charge is 0.338 e. The standard InChI is InChI=1S/C17H16N4O4/c22-13-10(9-18-16(25)20-13)14(23)21-7-5-17(6-8-21)11-3-1-2-4-12(11)19-15(17)24/h1-4,9H,5-8H2,(H,19,24)(H2,18,20,22,25). The minimum atomic E-state index is -0.710. The molecule has 8 nitrogen and oxygen atoms in total. The molecule has 25 heavy (non-hydrogen) atoms. The maximum atomic E-state index is 12.5. The van der Waals surface area contributed by atoms with Crippen molar-refractivity contribution in [3.05, 3.63) is 62.4 Å². The Morgan fingerprint density at radius 3 is 2.52 bits per heavy atom. The Morgan fingerprint density at radius 2 is 1.80 bits per heavy atom. The lowest BCUT2D eigenvalue weighted by Gasteiger charge is -2.37. The summed E-state index contributed by atoms with van der Waals surface area (Å²) in [5, 5.41) is 2.91. The predicted octanol–water partition coefficient (Wildman–Crippen LogP) is 0.189. The van der Waals surface area contributed by atoms with Crippen molar-refractivity contribution in [2.45, 2.75) is 18.3 Å². The van der Waals surface area contributed by atoms with Gasteiger partial charge in [0.05, 0.1) is 5.41 Å². The lowest BCUT2D eigenvalue weighted by Crippen LogP contribution is -2.49. The number of anilines is 1. The van der Waals surface area contributed by atoms with Gasteiger partial charge in [-0.1, -0.05) is 18.2 Å². The molecule has 0 aliphatic carbocycles. The number of carbonyl (C=O) groups is 2. The van der Waals surface area contributed by atoms with Crippen LogP contribution in [-0.4, -0.2) is 39.8 Å². The van der Waals surface area contributed by atoms with Gasteiger partial charge in [-0.3, -0.25) is 19.4 Å². The van der Waals surface area contributed by atoms with Crippen LogP contribution >= 0.6 is 0 Å². The molecule has 1 aromatic carbocycles. The summed E-state index contributed by atoms with van der Waals surface area (Å²) in [6.07, 6.45) is 2.11. The van der Waals surface area contributed by atoms with E-state index in [2.05, 4.69) is 10.3 Å². The zero-order valence-electron chi connectivity index (χ0n) is 13.3. The molecule has 1 spiro atoms. The zero-order chi connectivity index (χ0) is 17.6. The molecule has 128 valence electrons. The summed E-state index contributed by atoms with van der Waals surface area (Å²) in [6, 6.07) is 7.59. The fourth-order valence-electron chi connectivity index (χ4n) is 3.70. The van der Waals surface area contributed by atoms with Crippen LogP contribution in [0.15, 0.2) is 40.1 Å². The van der Waals surface area contributed by atoms with Gasteiger partial charge in [0.25, 0.3) is 11.5 Å². The van der Waals surface area contributed by atoms with Crippen LogP contribution < -0.4 is 16.6 Å². The minimum Gasteiger partial charge on any atom is -0.338 e. The van der Waals surface area contributed by atoms with Crippen molar-refractivity contribution in [1.82, 2.24) is 14.9 Å². The smallest absolute Gasteiger partial charge is 0.325 e. The number of piperidine rings is 1. The number of hydrogen-bond donors (Lipinski definition) is 3. The minimum absolute atomic E-state index is 0.0392. The van der Waals surface area contributed by atoms with Crippen molar-refractivity contribution in [3.63, 3.8) is 0 Å². The van der Waals surface area contributed by atoms with Gasteiger partial charge in [0.15, 0.2) is 0 Å². The van der Waals surface area contributed by atoms with Crippen molar-refractivity contribution in [3.8, 4) is 0 Å². The van der Waals surface area contributed by atoms with Crippen molar-refractivity contribution in [2.75, 3.05) is 18.4 Å². The highest BCUT2D eigenvalue weighted by Crippen LogP contribution is 2.44. The molecule has 0 radical (unpaired) electrons. The van der Waals surface area contributed by atoms with Crippen LogP contribution in [0.3, 0.4) is 0 Å². The molecular weight excluding hydrogens is 324 g/mol. The third-order valence-electron chi connectivity index (χ3n) is 5.08. The van der Waals surface area contributed by atoms with Gasteiger partial charge in [-0.15, -0.1) is 0 Å². The maximum absolute atomic E-state index is 12.5. The van der Waals surface area contributed by atoms with Gasteiger partial charge in [-0.2, -0.15) is 0 Å². The van der Waals surface area contributed by atoms with Gasteiger partial charge in [-0.25, -0.2) is 4.79 Å². The summed E-state index contributed by atoms with van der Waals surface area (Å²) >= 11 is 0. The number of amides is 2. The Labute approximate surface area is 141 Å². The van der Waals surface area contributed by atoms with Crippen molar-refractivity contribution in [2.24, 2.45) is 0 Å². The Hall–Kier alpha value is -3.16. The number of hydrogen-bond acceptors (Lipinski definition) is 4. The number of rotatable bonds is 1. The highest BCUT2D eigenvalue weighted by Gasteiger charge is 2.48. The van der Waals surface area contributed by atoms with E-state index in [-0.39, 0.29) is 11.5 Å². The second-order valence-corrected chi connectivity index (χ2v) is 6.36. The van der Waals surface area contributed by atoms with Gasteiger partial charge < -0.3 is 15.2 Å². The van der Waals surface area contributed by atoms with E-state index >= 15 is 0 Å². The van der Waals surface area contributed by atoms with Gasteiger partial charge in [-0.05, 0) is 24.5 Å². The van der Waals surface area contributed by atoms with Gasteiger partial charge in [0, 0.05) is 25.0 Å². The van der Waals surface area contributed by atoms with Crippen molar-refractivity contribution < 1.29 is 9.59 Å². The van der Waals surface area contributed by atoms with Crippen LogP contribution in [0.2, 0.25) is 0 Å². The molecule has 8 heteroatoms. The number of H-pyrrole nitrogens is 2. The van der Waals surface area contributed by atoms with E-state index in [1.54, 1.807) is 4.90 Å². The first-order valence-corrected chi connectivity index (χ1v) is 8.03. The summed E-state index contributed by atoms with van der Waals surface area (Å²) < 4.78 is 0. The fraction of sp³-hybridized carbons (Fsp3) is 0.294. The van der Waals surface area contributed by atoms with Crippen molar-refractivity contribution >= 4 is 17.5 Å². The highest BCUT2D eigenvalue weighted by molar-refractivity contribution is 6.06. The number of aromatic nitrogens is 2. The summed E-state index contributed by atoms with van der Waals surface area (Å²) in [4.78, 5) is 53.9. The van der Waals surface area contributed by atoms with Gasteiger partial charge in [0.1, 0.15) is 5.56 Å². The molecule has 0 unspecified atom stereocenters. The summed E-state index contributed by atoms with van der Waals surface area (Å²) in [5.41, 5.74) is -0.299. The summed E-state index contributed by atoms with van der Waals surface area (Å²) in [5.74, 6) is -0.485. The molecule has 1 fully saturated rings. The predicted molar refractivity (Wildman–Crippen MR) is 89.6 cm³/mol. The first-order chi connectivity index (χ1) is 12.0. The first-order valence-electron chi connectivity index (χ1n) is 8.03. The van der Waals surface area contributed by atoms with Crippen LogP contribution in [-0.2, 0) is 10.2 Å². The third-order valence-corrected chi connectivity index (χ3v) is 5.08. The van der Waals surface area contributed by atoms with Crippen LogP contribution in [0.25, 0.3) is 0 Å². The molecule has 3 heterocycles. The molecule has 1 saturated heterocycles. The van der Waals surface area contributed by atoms with Crippen LogP contribution in [0.1, 0.15) is 28.8 Å². The van der Waals surface area contributed by atoms with E-state index in [4.69, 9.17) is 0 Å². The molecule has 2 aliphatic rings. The molecule has 0 saturated carbocycles. The van der Waals surface area contributed by atoms with Crippen LogP contribution in [0, 0.1) is 0 Å². The molecule has 2 aromatic rings. The van der Waals surface area contributed by atoms with Gasteiger partial charge >= 0.3 is 5.69 Å². The summed E-state index contributed by atoms with van der Waals surface area (Å²) in [7, 11) is 0. The second-order valence-electron chi connectivity index (χ2n) is 6.36. The monoisotopic (exact) mass is 340 g/mol. The highest BCUT2D eigenvalue weighted by atomic mass is 16.2. The lowest BCUT2D eigenvalue weighted by molar-refractivity contribution is -0.122. The molecule has 1 aromatic heterocycles. The molecule has 4 rings (SSSR count). The number of para-hydroxylation sites is 1. The molecule has 2 aliphatic heterocycles. The molecular formula is C17H16N4O4. The van der Waals surface area contributed by atoms with E-state index in [1.165, 1.54) is 0 Å². The first kappa shape index (κ1) is 15.4. The Morgan fingerprint density at radius 1 is 1.08 bits per heavy atom. The van der Waals surface area contributed by atoms with Gasteiger partial charge in [0.2, 0.25) is 5.91 Å². The second kappa shape index (κ2) is 5.44. The number of nitrogens with one attached hydrogen (secondary N) is 3. The topological polar surface area (TPSA) is 115 Å². The number of benzene rings is 1. The van der Waals surface area contributed by atoms with E-state index in [1.807, 2.05) is 29.2 Å².